The number of nitrogens with two attached hydrogens (primary N) is 2. The van der Waals surface area contributed by atoms with Crippen LogP contribution in [0.2, 0.25) is 0 Å². The van der Waals surface area contributed by atoms with Crippen molar-refractivity contribution in [2.45, 2.75) is 54.4 Å². The molecule has 0 saturated heterocycles. The zero-order valence-corrected chi connectivity index (χ0v) is 32.3. The van der Waals surface area contributed by atoms with Crippen molar-refractivity contribution in [2.75, 3.05) is 38.0 Å². The van der Waals surface area contributed by atoms with E-state index in [9.17, 15) is 16.8 Å². The van der Waals surface area contributed by atoms with Gasteiger partial charge in [-0.15, -0.1) is 0 Å². The maximum Gasteiger partial charge on any atom is 0.239 e. The molecule has 7 rings (SSSR count). The number of anilines is 1. The first-order chi connectivity index (χ1) is 26.0. The molecule has 9 nitrogen and oxygen atoms in total. The monoisotopic (exact) mass is 765 g/mol. The van der Waals surface area contributed by atoms with Crippen molar-refractivity contribution in [2.24, 2.45) is 16.8 Å². The second-order valence-corrected chi connectivity index (χ2v) is 17.9. The molecule has 0 saturated carbocycles. The number of ether oxygens (including phenoxy) is 2. The van der Waals surface area contributed by atoms with Crippen LogP contribution in [0.3, 0.4) is 0 Å². The molecule has 4 N–H and O–H groups in total. The molecule has 5 aromatic carbocycles. The Kier molecular flexibility index (Phi) is 10.9. The summed E-state index contributed by atoms with van der Waals surface area (Å²) < 4.78 is 65.8. The Labute approximate surface area is 318 Å². The maximum atomic E-state index is 13.8. The number of sulfone groups is 1. The van der Waals surface area contributed by atoms with E-state index in [0.29, 0.717) is 37.4 Å². The Balaban J connectivity index is 1.35. The number of hydrogen-bond acceptors (Lipinski definition) is 8. The van der Waals surface area contributed by atoms with Crippen LogP contribution in [-0.2, 0) is 45.7 Å². The first-order valence-corrected chi connectivity index (χ1v) is 21.5. The van der Waals surface area contributed by atoms with Gasteiger partial charge in [0.2, 0.25) is 10.0 Å². The molecule has 54 heavy (non-hydrogen) atoms. The van der Waals surface area contributed by atoms with Gasteiger partial charge in [-0.3, -0.25) is 0 Å². The lowest BCUT2D eigenvalue weighted by Crippen LogP contribution is -2.31. The van der Waals surface area contributed by atoms with Crippen LogP contribution in [0.25, 0.3) is 11.1 Å². The fraction of sp³-hybridized carbons (Fsp3) is 0.302. The van der Waals surface area contributed by atoms with E-state index in [1.165, 1.54) is 11.6 Å². The van der Waals surface area contributed by atoms with Gasteiger partial charge in [0.05, 0.1) is 24.9 Å². The van der Waals surface area contributed by atoms with E-state index >= 15 is 0 Å². The molecule has 282 valence electrons. The molecule has 2 unspecified atom stereocenters. The van der Waals surface area contributed by atoms with Crippen LogP contribution in [0.1, 0.15) is 52.1 Å². The summed E-state index contributed by atoms with van der Waals surface area (Å²) in [5, 5.41) is 6.07. The van der Waals surface area contributed by atoms with Gasteiger partial charge in [-0.2, -0.15) is 0 Å². The van der Waals surface area contributed by atoms with Crippen LogP contribution in [0.5, 0.6) is 11.5 Å². The largest absolute Gasteiger partial charge is 0.497 e. The summed E-state index contributed by atoms with van der Waals surface area (Å²) >= 11 is 0. The first-order valence-electron chi connectivity index (χ1n) is 18.3. The zero-order valence-electron chi connectivity index (χ0n) is 30.7. The molecule has 5 aromatic rings. The quantitative estimate of drug-likeness (QED) is 0.144. The maximum absolute atomic E-state index is 13.8. The second-order valence-electron chi connectivity index (χ2n) is 14.3. The van der Waals surface area contributed by atoms with Crippen LogP contribution in [0.4, 0.5) is 5.69 Å². The van der Waals surface area contributed by atoms with E-state index in [-0.39, 0.29) is 22.3 Å². The predicted molar refractivity (Wildman–Crippen MR) is 214 cm³/mol. The van der Waals surface area contributed by atoms with Crippen LogP contribution in [0.15, 0.2) is 113 Å². The van der Waals surface area contributed by atoms with E-state index in [4.69, 9.17) is 20.3 Å². The molecule has 1 aliphatic carbocycles. The number of hydrogen-bond donors (Lipinski definition) is 2. The van der Waals surface area contributed by atoms with E-state index in [2.05, 4.69) is 47.4 Å². The minimum absolute atomic E-state index is 0.153. The van der Waals surface area contributed by atoms with Gasteiger partial charge in [-0.1, -0.05) is 66.7 Å². The van der Waals surface area contributed by atoms with E-state index in [0.717, 1.165) is 69.8 Å². The standard InChI is InChI=1S/C43H47N3O6S2/c1-51-33-15-10-29(11-16-33)26-31-14-19-35-32(27-31)6-5-8-38(35)42-39(20-21-41(43(42)54(45,49)50)53(47,48)25-23-44)36-22-24-46(40-9-4-3-7-37(36)40)28-30-12-17-34(52-2)18-13-30/h3-13,15-18,20-21,31,36H,14,19,22-28,44H2,1-2H3,(H2,45,49,50). The lowest BCUT2D eigenvalue weighted by molar-refractivity contribution is 0.414. The van der Waals surface area contributed by atoms with Crippen molar-refractivity contribution < 1.29 is 26.3 Å². The summed E-state index contributed by atoms with van der Waals surface area (Å²) in [7, 11) is -5.33. The van der Waals surface area contributed by atoms with Gasteiger partial charge in [0, 0.05) is 36.8 Å². The number of methoxy groups -OCH3 is 2. The van der Waals surface area contributed by atoms with Crippen molar-refractivity contribution in [1.29, 1.82) is 0 Å². The third kappa shape index (κ3) is 7.63. The van der Waals surface area contributed by atoms with Gasteiger partial charge >= 0.3 is 0 Å². The number of rotatable bonds is 12. The van der Waals surface area contributed by atoms with Gasteiger partial charge in [0.25, 0.3) is 0 Å². The summed E-state index contributed by atoms with van der Waals surface area (Å²) in [6, 6.07) is 33.6. The predicted octanol–water partition coefficient (Wildman–Crippen LogP) is 6.64. The lowest BCUT2D eigenvalue weighted by Gasteiger charge is -2.37. The highest BCUT2D eigenvalue weighted by Crippen LogP contribution is 2.48. The molecule has 0 aromatic heterocycles. The van der Waals surface area contributed by atoms with E-state index in [1.807, 2.05) is 54.6 Å². The molecule has 1 aliphatic heterocycles. The smallest absolute Gasteiger partial charge is 0.239 e. The number of primary sulfonamides is 1. The number of nitrogens with zero attached hydrogens (tertiary/aromatic N) is 1. The molecule has 1 heterocycles. The zero-order chi connectivity index (χ0) is 38.0. The summed E-state index contributed by atoms with van der Waals surface area (Å²) in [6.45, 7) is 1.23. The van der Waals surface area contributed by atoms with Crippen LogP contribution in [-0.4, -0.2) is 49.9 Å². The lowest BCUT2D eigenvalue weighted by atomic mass is 9.76. The van der Waals surface area contributed by atoms with Crippen LogP contribution < -0.4 is 25.2 Å². The van der Waals surface area contributed by atoms with Gasteiger partial charge in [0.15, 0.2) is 9.84 Å². The Morgan fingerprint density at radius 1 is 0.759 bits per heavy atom. The highest BCUT2D eigenvalue weighted by Gasteiger charge is 2.36. The average Bonchev–Trinajstić information content (AvgIpc) is 3.17. The van der Waals surface area contributed by atoms with E-state index in [1.54, 1.807) is 14.2 Å². The van der Waals surface area contributed by atoms with Gasteiger partial charge in [0.1, 0.15) is 16.4 Å². The first kappa shape index (κ1) is 37.6. The average molecular weight is 766 g/mol. The fourth-order valence-corrected chi connectivity index (χ4v) is 11.2. The van der Waals surface area contributed by atoms with Gasteiger partial charge in [-0.05, 0) is 113 Å². The molecular weight excluding hydrogens is 719 g/mol. The van der Waals surface area contributed by atoms with Crippen molar-refractivity contribution in [1.82, 2.24) is 0 Å². The number of benzene rings is 5. The summed E-state index contributed by atoms with van der Waals surface area (Å²) in [4.78, 5) is 1.69. The second kappa shape index (κ2) is 15.6. The van der Waals surface area contributed by atoms with Crippen molar-refractivity contribution in [3.05, 3.63) is 137 Å². The third-order valence-corrected chi connectivity index (χ3v) is 13.9. The molecule has 11 heteroatoms. The minimum atomic E-state index is -4.54. The van der Waals surface area contributed by atoms with Gasteiger partial charge < -0.3 is 20.1 Å². The third-order valence-electron chi connectivity index (χ3n) is 10.9. The Hall–Kier alpha value is -4.68. The molecule has 2 aliphatic rings. The van der Waals surface area contributed by atoms with Crippen molar-refractivity contribution in [3.8, 4) is 22.6 Å². The molecule has 0 amide bonds. The fourth-order valence-electron chi connectivity index (χ4n) is 8.40. The molecule has 0 spiro atoms. The summed E-state index contributed by atoms with van der Waals surface area (Å²) in [5.41, 5.74) is 14.2. The highest BCUT2D eigenvalue weighted by molar-refractivity contribution is 7.93. The minimum Gasteiger partial charge on any atom is -0.497 e. The SMILES string of the molecule is COc1ccc(CC2CCc3c(cccc3-c3c(C4CCN(Cc5ccc(OC)cc5)c5ccccc54)ccc(S(=O)(=O)CCN)c3S(N)(=O)=O)C2)cc1. The molecule has 0 bridgehead atoms. The van der Waals surface area contributed by atoms with Crippen LogP contribution >= 0.6 is 0 Å². The molecular formula is C43H47N3O6S2. The van der Waals surface area contributed by atoms with Crippen molar-refractivity contribution in [3.63, 3.8) is 0 Å². The number of para-hydroxylation sites is 1. The van der Waals surface area contributed by atoms with Crippen LogP contribution in [0, 0.1) is 5.92 Å². The summed E-state index contributed by atoms with van der Waals surface area (Å²) in [6.07, 6.45) is 4.01. The molecule has 2 atom stereocenters. The molecule has 0 fully saturated rings. The molecule has 0 radical (unpaired) electrons. The normalized spacial score (nSPS) is 17.1. The van der Waals surface area contributed by atoms with Crippen molar-refractivity contribution >= 4 is 25.5 Å². The Bertz CT molecular complexity index is 2360. The highest BCUT2D eigenvalue weighted by atomic mass is 32.2. The topological polar surface area (TPSA) is 142 Å². The Morgan fingerprint density at radius 2 is 1.44 bits per heavy atom. The van der Waals surface area contributed by atoms with E-state index < -0.39 is 25.6 Å². The summed E-state index contributed by atoms with van der Waals surface area (Å²) in [5.74, 6) is 1.37. The number of fused-ring (bicyclic) bond motifs is 2. The Morgan fingerprint density at radius 3 is 2.11 bits per heavy atom. The van der Waals surface area contributed by atoms with Gasteiger partial charge in [-0.25, -0.2) is 22.0 Å². The number of sulfonamides is 1.